The van der Waals surface area contributed by atoms with E-state index in [9.17, 15) is 39.6 Å². The summed E-state index contributed by atoms with van der Waals surface area (Å²) in [5.74, 6) is -1.63. The van der Waals surface area contributed by atoms with Crippen LogP contribution in [0.3, 0.4) is 0 Å². The molecule has 0 radical (unpaired) electrons. The summed E-state index contributed by atoms with van der Waals surface area (Å²) < 4.78 is 103. The summed E-state index contributed by atoms with van der Waals surface area (Å²) in [6.07, 6.45) is -10.2. The van der Waals surface area contributed by atoms with E-state index >= 15 is 0 Å². The minimum Gasteiger partial charge on any atom is -0.276 e. The molecule has 3 aromatic rings. The van der Waals surface area contributed by atoms with Crippen LogP contribution in [0.1, 0.15) is 24.1 Å². The Kier molecular flexibility index (Phi) is 7.10. The van der Waals surface area contributed by atoms with Crippen molar-refractivity contribution in [3.8, 4) is 11.4 Å². The lowest BCUT2D eigenvalue weighted by Crippen LogP contribution is -2.44. The number of aromatic nitrogens is 4. The monoisotopic (exact) mass is 542 g/mol. The first-order valence-corrected chi connectivity index (χ1v) is 11.1. The van der Waals surface area contributed by atoms with Crippen LogP contribution in [0, 0.1) is 0 Å². The largest absolute Gasteiger partial charge is 0.416 e. The van der Waals surface area contributed by atoms with Gasteiger partial charge in [0.1, 0.15) is 0 Å². The SMILES string of the molecule is C[C@H](C(=O)NNS(=O)(=O)c1ccc(Cl)cc1)n1nnc(-c2cc(C(F)(F)F)cc(C(F)(F)F)c2)n1. The molecule has 0 spiro atoms. The molecule has 188 valence electrons. The molecule has 2 aromatic carbocycles. The number of tetrazole rings is 1. The van der Waals surface area contributed by atoms with Crippen LogP contribution in [0.5, 0.6) is 0 Å². The topological polar surface area (TPSA) is 119 Å². The summed E-state index contributed by atoms with van der Waals surface area (Å²) in [7, 11) is -4.18. The zero-order valence-electron chi connectivity index (χ0n) is 17.2. The third kappa shape index (κ3) is 6.26. The van der Waals surface area contributed by atoms with Gasteiger partial charge in [-0.05, 0) is 54.6 Å². The Morgan fingerprint density at radius 2 is 1.54 bits per heavy atom. The number of halogens is 7. The number of nitrogens with one attached hydrogen (secondary N) is 2. The maximum atomic E-state index is 13.1. The Morgan fingerprint density at radius 1 is 1.00 bits per heavy atom. The third-order valence-corrected chi connectivity index (χ3v) is 5.95. The van der Waals surface area contributed by atoms with Gasteiger partial charge in [0.2, 0.25) is 5.82 Å². The summed E-state index contributed by atoms with van der Waals surface area (Å²) in [5.41, 5.74) is -1.90. The number of nitrogens with zero attached hydrogens (tertiary/aromatic N) is 4. The molecule has 0 saturated carbocycles. The molecule has 1 atom stereocenters. The molecule has 1 amide bonds. The summed E-state index contributed by atoms with van der Waals surface area (Å²) in [6.45, 7) is 1.19. The molecule has 2 N–H and O–H groups in total. The van der Waals surface area contributed by atoms with Gasteiger partial charge in [-0.3, -0.25) is 10.2 Å². The van der Waals surface area contributed by atoms with Gasteiger partial charge in [0, 0.05) is 10.6 Å². The lowest BCUT2D eigenvalue weighted by Gasteiger charge is -2.13. The van der Waals surface area contributed by atoms with E-state index < -0.39 is 56.8 Å². The van der Waals surface area contributed by atoms with Gasteiger partial charge < -0.3 is 0 Å². The van der Waals surface area contributed by atoms with Crippen molar-refractivity contribution < 1.29 is 39.6 Å². The molecule has 1 aromatic heterocycles. The van der Waals surface area contributed by atoms with Crippen molar-refractivity contribution in [2.45, 2.75) is 30.2 Å². The second-order valence-electron chi connectivity index (χ2n) is 6.95. The number of rotatable bonds is 6. The van der Waals surface area contributed by atoms with Gasteiger partial charge in [0.15, 0.2) is 6.04 Å². The van der Waals surface area contributed by atoms with E-state index in [1.807, 2.05) is 10.3 Å². The second kappa shape index (κ2) is 9.43. The van der Waals surface area contributed by atoms with Crippen LogP contribution < -0.4 is 10.3 Å². The fourth-order valence-electron chi connectivity index (χ4n) is 2.59. The van der Waals surface area contributed by atoms with Crippen LogP contribution >= 0.6 is 11.6 Å². The number of carbonyl (C=O) groups is 1. The highest BCUT2D eigenvalue weighted by Crippen LogP contribution is 2.38. The number of hydrazine groups is 1. The fraction of sp³-hybridized carbons (Fsp3) is 0.222. The summed E-state index contributed by atoms with van der Waals surface area (Å²) in [6, 6.07) is 4.35. The molecule has 0 saturated heterocycles. The Morgan fingerprint density at radius 3 is 2.06 bits per heavy atom. The van der Waals surface area contributed by atoms with Crippen molar-refractivity contribution in [3.63, 3.8) is 0 Å². The molecule has 35 heavy (non-hydrogen) atoms. The van der Waals surface area contributed by atoms with Gasteiger partial charge in [-0.1, -0.05) is 11.6 Å². The average Bonchev–Trinajstić information content (AvgIpc) is 3.26. The van der Waals surface area contributed by atoms with E-state index in [4.69, 9.17) is 11.6 Å². The van der Waals surface area contributed by atoms with Crippen LogP contribution in [0.2, 0.25) is 5.02 Å². The van der Waals surface area contributed by atoms with Crippen LogP contribution in [-0.4, -0.2) is 34.5 Å². The number of sulfonamides is 1. The van der Waals surface area contributed by atoms with Crippen molar-refractivity contribution in [3.05, 3.63) is 58.6 Å². The van der Waals surface area contributed by atoms with E-state index in [0.29, 0.717) is 16.9 Å². The highest BCUT2D eigenvalue weighted by Gasteiger charge is 2.37. The zero-order valence-corrected chi connectivity index (χ0v) is 18.8. The van der Waals surface area contributed by atoms with Gasteiger partial charge in [0.25, 0.3) is 15.9 Å². The van der Waals surface area contributed by atoms with Crippen LogP contribution in [0.15, 0.2) is 47.4 Å². The predicted octanol–water partition coefficient (Wildman–Crippen LogP) is 3.60. The Balaban J connectivity index is 1.80. The lowest BCUT2D eigenvalue weighted by molar-refractivity contribution is -0.143. The first-order chi connectivity index (χ1) is 16.1. The number of benzene rings is 2. The molecule has 0 aliphatic carbocycles. The van der Waals surface area contributed by atoms with Crippen molar-refractivity contribution in [1.29, 1.82) is 0 Å². The molecule has 0 aliphatic heterocycles. The van der Waals surface area contributed by atoms with E-state index in [1.54, 1.807) is 0 Å². The van der Waals surface area contributed by atoms with Crippen molar-refractivity contribution in [2.24, 2.45) is 0 Å². The Labute approximate surface area is 198 Å². The maximum Gasteiger partial charge on any atom is 0.416 e. The molecule has 3 rings (SSSR count). The number of amides is 1. The predicted molar refractivity (Wildman–Crippen MR) is 108 cm³/mol. The number of alkyl halides is 6. The van der Waals surface area contributed by atoms with E-state index in [1.165, 1.54) is 31.2 Å². The van der Waals surface area contributed by atoms with E-state index in [-0.39, 0.29) is 16.0 Å². The molecule has 0 aliphatic rings. The average molecular weight is 543 g/mol. The molecular weight excluding hydrogens is 530 g/mol. The Bertz CT molecular complexity index is 1310. The quantitative estimate of drug-likeness (QED) is 0.363. The molecule has 17 heteroatoms. The van der Waals surface area contributed by atoms with Crippen molar-refractivity contribution >= 4 is 27.5 Å². The first-order valence-electron chi connectivity index (χ1n) is 9.24. The Hall–Kier alpha value is -3.24. The van der Waals surface area contributed by atoms with Gasteiger partial charge in [-0.25, -0.2) is 8.42 Å². The number of carbonyl (C=O) groups excluding carboxylic acids is 1. The van der Waals surface area contributed by atoms with E-state index in [2.05, 4.69) is 15.4 Å². The standard InChI is InChI=1S/C18H13ClF6N6O3S/c1-9(16(32)27-30-35(33,34)14-4-2-13(19)3-5-14)31-28-15(26-29-31)10-6-11(17(20,21)22)8-12(7-10)18(23,24)25/h2-9,30H,1H3,(H,27,32)/t9-/m1/s1. The molecular formula is C18H13ClF6N6O3S. The van der Waals surface area contributed by atoms with Gasteiger partial charge in [0.05, 0.1) is 16.0 Å². The minimum absolute atomic E-state index is 0.0587. The maximum absolute atomic E-state index is 13.1. The minimum atomic E-state index is -5.08. The summed E-state index contributed by atoms with van der Waals surface area (Å²) in [4.78, 5) is 14.5. The normalized spacial score (nSPS) is 13.5. The first kappa shape index (κ1) is 26.4. The van der Waals surface area contributed by atoms with Crippen LogP contribution in [0.25, 0.3) is 11.4 Å². The molecule has 9 nitrogen and oxygen atoms in total. The molecule has 0 fully saturated rings. The number of hydrogen-bond acceptors (Lipinski definition) is 6. The van der Waals surface area contributed by atoms with Crippen LogP contribution in [-0.2, 0) is 27.2 Å². The molecule has 0 bridgehead atoms. The summed E-state index contributed by atoms with van der Waals surface area (Å²) in [5, 5.41) is 10.8. The highest BCUT2D eigenvalue weighted by atomic mass is 35.5. The van der Waals surface area contributed by atoms with Gasteiger partial charge >= 0.3 is 12.4 Å². The van der Waals surface area contributed by atoms with Gasteiger partial charge in [-0.2, -0.15) is 31.1 Å². The van der Waals surface area contributed by atoms with E-state index in [0.717, 1.165) is 0 Å². The van der Waals surface area contributed by atoms with Crippen LogP contribution in [0.4, 0.5) is 26.3 Å². The zero-order chi connectivity index (χ0) is 26.2. The van der Waals surface area contributed by atoms with Crippen molar-refractivity contribution in [1.82, 2.24) is 30.5 Å². The number of hydrogen-bond donors (Lipinski definition) is 2. The smallest absolute Gasteiger partial charge is 0.276 e. The molecule has 0 unspecified atom stereocenters. The third-order valence-electron chi connectivity index (χ3n) is 4.43. The second-order valence-corrected chi connectivity index (χ2v) is 9.07. The van der Waals surface area contributed by atoms with Crippen molar-refractivity contribution in [2.75, 3.05) is 0 Å². The summed E-state index contributed by atoms with van der Waals surface area (Å²) >= 11 is 5.69. The van der Waals surface area contributed by atoms with Gasteiger partial charge in [-0.15, -0.1) is 15.0 Å². The fourth-order valence-corrected chi connectivity index (χ4v) is 3.56. The highest BCUT2D eigenvalue weighted by molar-refractivity contribution is 7.89. The molecule has 1 heterocycles. The lowest BCUT2D eigenvalue weighted by atomic mass is 10.0.